The van der Waals surface area contributed by atoms with Crippen molar-refractivity contribution >= 4 is 46.4 Å². The number of amides is 2. The van der Waals surface area contributed by atoms with Gasteiger partial charge in [-0.2, -0.15) is 5.10 Å². The molecule has 4 rings (SSSR count). The van der Waals surface area contributed by atoms with E-state index in [1.54, 1.807) is 12.1 Å². The molecule has 5 nitrogen and oxygen atoms in total. The molecule has 0 fully saturated rings. The van der Waals surface area contributed by atoms with Crippen molar-refractivity contribution in [2.45, 2.75) is 39.2 Å². The molecule has 3 aromatic carbocycles. The van der Waals surface area contributed by atoms with E-state index in [0.29, 0.717) is 22.2 Å². The SMILES string of the molecule is CC(=O)N1N=C(c2ccc(NC(=O)C(c3ccc(Cl)cc3)C(C)C)cc2)CC1c1ccc(Cl)cc1. The zero-order valence-electron chi connectivity index (χ0n) is 19.8. The van der Waals surface area contributed by atoms with Gasteiger partial charge in [-0.3, -0.25) is 9.59 Å². The van der Waals surface area contributed by atoms with Crippen molar-refractivity contribution < 1.29 is 9.59 Å². The van der Waals surface area contributed by atoms with E-state index in [1.807, 2.05) is 74.5 Å². The number of nitrogens with zero attached hydrogens (tertiary/aromatic N) is 2. The molecule has 35 heavy (non-hydrogen) atoms. The lowest BCUT2D eigenvalue weighted by Crippen LogP contribution is -2.25. The van der Waals surface area contributed by atoms with Crippen molar-refractivity contribution in [1.82, 2.24) is 5.01 Å². The van der Waals surface area contributed by atoms with Crippen LogP contribution < -0.4 is 5.32 Å². The lowest BCUT2D eigenvalue weighted by Gasteiger charge is -2.21. The van der Waals surface area contributed by atoms with Crippen molar-refractivity contribution in [2.75, 3.05) is 5.32 Å². The van der Waals surface area contributed by atoms with Crippen LogP contribution in [0.15, 0.2) is 77.9 Å². The molecular formula is C28H27Cl2N3O2. The first-order valence-corrected chi connectivity index (χ1v) is 12.3. The first-order valence-electron chi connectivity index (χ1n) is 11.5. The first-order chi connectivity index (χ1) is 16.7. The average Bonchev–Trinajstić information content (AvgIpc) is 3.27. The van der Waals surface area contributed by atoms with E-state index in [0.717, 1.165) is 22.4 Å². The second kappa shape index (κ2) is 10.6. The predicted molar refractivity (Wildman–Crippen MR) is 142 cm³/mol. The Balaban J connectivity index is 1.49. The van der Waals surface area contributed by atoms with Crippen LogP contribution in [0.2, 0.25) is 10.0 Å². The number of rotatable bonds is 6. The Hall–Kier alpha value is -3.15. The summed E-state index contributed by atoms with van der Waals surface area (Å²) in [5, 5.41) is 10.4. The Kier molecular flexibility index (Phi) is 7.58. The Morgan fingerprint density at radius 1 is 0.914 bits per heavy atom. The maximum absolute atomic E-state index is 13.1. The van der Waals surface area contributed by atoms with Gasteiger partial charge >= 0.3 is 0 Å². The molecule has 1 heterocycles. The van der Waals surface area contributed by atoms with Gasteiger partial charge < -0.3 is 5.32 Å². The van der Waals surface area contributed by atoms with Crippen LogP contribution in [-0.2, 0) is 9.59 Å². The zero-order valence-corrected chi connectivity index (χ0v) is 21.3. The number of hydrogen-bond donors (Lipinski definition) is 1. The Bertz CT molecular complexity index is 1240. The van der Waals surface area contributed by atoms with Gasteiger partial charge in [-0.15, -0.1) is 0 Å². The monoisotopic (exact) mass is 507 g/mol. The highest BCUT2D eigenvalue weighted by Crippen LogP contribution is 2.34. The van der Waals surface area contributed by atoms with Gasteiger partial charge in [0.05, 0.1) is 17.7 Å². The normalized spacial score (nSPS) is 16.2. The Labute approximate surface area is 215 Å². The van der Waals surface area contributed by atoms with Gasteiger partial charge in [-0.1, -0.05) is 73.4 Å². The summed E-state index contributed by atoms with van der Waals surface area (Å²) in [5.74, 6) is -0.370. The van der Waals surface area contributed by atoms with Crippen molar-refractivity contribution in [3.05, 3.63) is 99.5 Å². The molecule has 0 aromatic heterocycles. The molecule has 2 unspecified atom stereocenters. The number of hydrogen-bond acceptors (Lipinski definition) is 3. The highest BCUT2D eigenvalue weighted by Gasteiger charge is 2.31. The minimum Gasteiger partial charge on any atom is -0.326 e. The van der Waals surface area contributed by atoms with Crippen LogP contribution in [-0.4, -0.2) is 22.5 Å². The van der Waals surface area contributed by atoms with Crippen LogP contribution in [0.3, 0.4) is 0 Å². The van der Waals surface area contributed by atoms with E-state index >= 15 is 0 Å². The molecule has 1 aliphatic rings. The largest absolute Gasteiger partial charge is 0.326 e. The molecule has 3 aromatic rings. The molecular weight excluding hydrogens is 481 g/mol. The summed E-state index contributed by atoms with van der Waals surface area (Å²) in [6.07, 6.45) is 0.596. The van der Waals surface area contributed by atoms with Gasteiger partial charge in [-0.25, -0.2) is 5.01 Å². The Morgan fingerprint density at radius 3 is 2.03 bits per heavy atom. The molecule has 0 radical (unpaired) electrons. The van der Waals surface area contributed by atoms with Crippen LogP contribution in [0, 0.1) is 5.92 Å². The maximum Gasteiger partial charge on any atom is 0.240 e. The van der Waals surface area contributed by atoms with Crippen LogP contribution >= 0.6 is 23.2 Å². The number of carbonyl (C=O) groups is 2. The molecule has 7 heteroatoms. The number of benzene rings is 3. The van der Waals surface area contributed by atoms with Crippen LogP contribution in [0.5, 0.6) is 0 Å². The third-order valence-corrected chi connectivity index (χ3v) is 6.66. The second-order valence-electron chi connectivity index (χ2n) is 9.02. The van der Waals surface area contributed by atoms with Gasteiger partial charge in [0.15, 0.2) is 0 Å². The summed E-state index contributed by atoms with van der Waals surface area (Å²) in [7, 11) is 0. The Morgan fingerprint density at radius 2 is 1.49 bits per heavy atom. The van der Waals surface area contributed by atoms with E-state index < -0.39 is 0 Å². The van der Waals surface area contributed by atoms with E-state index in [1.165, 1.54) is 11.9 Å². The topological polar surface area (TPSA) is 61.8 Å². The fourth-order valence-electron chi connectivity index (χ4n) is 4.39. The van der Waals surface area contributed by atoms with Crippen molar-refractivity contribution in [3.63, 3.8) is 0 Å². The summed E-state index contributed by atoms with van der Waals surface area (Å²) in [6, 6.07) is 22.3. The van der Waals surface area contributed by atoms with Gasteiger partial charge in [-0.05, 0) is 59.0 Å². The third-order valence-electron chi connectivity index (χ3n) is 6.15. The number of hydrazone groups is 1. The van der Waals surface area contributed by atoms with Crippen LogP contribution in [0.4, 0.5) is 5.69 Å². The minimum atomic E-state index is -0.296. The average molecular weight is 508 g/mol. The zero-order chi connectivity index (χ0) is 25.1. The molecule has 0 spiro atoms. The van der Waals surface area contributed by atoms with Gasteiger partial charge in [0.25, 0.3) is 0 Å². The summed E-state index contributed by atoms with van der Waals surface area (Å²) >= 11 is 12.0. The molecule has 1 N–H and O–H groups in total. The molecule has 0 saturated heterocycles. The summed E-state index contributed by atoms with van der Waals surface area (Å²) in [4.78, 5) is 25.3. The molecule has 0 bridgehead atoms. The maximum atomic E-state index is 13.1. The summed E-state index contributed by atoms with van der Waals surface area (Å²) < 4.78 is 0. The molecule has 180 valence electrons. The highest BCUT2D eigenvalue weighted by molar-refractivity contribution is 6.30. The van der Waals surface area contributed by atoms with E-state index in [4.69, 9.17) is 23.2 Å². The smallest absolute Gasteiger partial charge is 0.240 e. The second-order valence-corrected chi connectivity index (χ2v) is 9.89. The lowest BCUT2D eigenvalue weighted by molar-refractivity contribution is -0.130. The molecule has 2 amide bonds. The van der Waals surface area contributed by atoms with Crippen LogP contribution in [0.25, 0.3) is 0 Å². The number of halogens is 2. The highest BCUT2D eigenvalue weighted by atomic mass is 35.5. The van der Waals surface area contributed by atoms with Crippen LogP contribution in [0.1, 0.15) is 55.8 Å². The molecule has 0 saturated carbocycles. The summed E-state index contributed by atoms with van der Waals surface area (Å²) in [6.45, 7) is 5.57. The van der Waals surface area contributed by atoms with E-state index in [9.17, 15) is 9.59 Å². The van der Waals surface area contributed by atoms with Crippen molar-refractivity contribution in [2.24, 2.45) is 11.0 Å². The minimum absolute atomic E-state index is 0.0705. The van der Waals surface area contributed by atoms with Crippen molar-refractivity contribution in [1.29, 1.82) is 0 Å². The lowest BCUT2D eigenvalue weighted by atomic mass is 9.87. The summed E-state index contributed by atoms with van der Waals surface area (Å²) in [5.41, 5.74) is 4.34. The number of carbonyl (C=O) groups excluding carboxylic acids is 2. The van der Waals surface area contributed by atoms with Gasteiger partial charge in [0.1, 0.15) is 0 Å². The number of anilines is 1. The third kappa shape index (κ3) is 5.75. The van der Waals surface area contributed by atoms with Crippen molar-refractivity contribution in [3.8, 4) is 0 Å². The van der Waals surface area contributed by atoms with Gasteiger partial charge in [0.2, 0.25) is 11.8 Å². The molecule has 1 aliphatic heterocycles. The predicted octanol–water partition coefficient (Wildman–Crippen LogP) is 7.07. The van der Waals surface area contributed by atoms with Gasteiger partial charge in [0, 0.05) is 29.1 Å². The fraction of sp³-hybridized carbons (Fsp3) is 0.250. The quantitative estimate of drug-likeness (QED) is 0.387. The molecule has 0 aliphatic carbocycles. The van der Waals surface area contributed by atoms with E-state index in [2.05, 4.69) is 10.4 Å². The molecule has 2 atom stereocenters. The van der Waals surface area contributed by atoms with E-state index in [-0.39, 0.29) is 29.7 Å². The fourth-order valence-corrected chi connectivity index (χ4v) is 4.65. The standard InChI is InChI=1S/C28H27Cl2N3O2/c1-17(2)27(21-6-12-23(30)13-7-21)28(35)31-24-14-8-19(9-15-24)25-16-26(33(32-25)18(3)34)20-4-10-22(29)11-5-20/h4-15,17,26-27H,16H2,1-3H3,(H,31,35). The first kappa shape index (κ1) is 25.0. The number of nitrogens with one attached hydrogen (secondary N) is 1.